The molecule has 6 N–H and O–H groups in total. The lowest BCUT2D eigenvalue weighted by molar-refractivity contribution is -0.149. The highest BCUT2D eigenvalue weighted by atomic mass is 19.4. The van der Waals surface area contributed by atoms with Gasteiger partial charge in [0, 0.05) is 57.1 Å². The number of nitrogen functional groups attached to an aromatic ring is 1. The number of aromatic nitrogens is 1. The summed E-state index contributed by atoms with van der Waals surface area (Å²) in [5.74, 6) is -2.63. The number of alkyl halides is 6. The highest BCUT2D eigenvalue weighted by Gasteiger charge is 2.45. The summed E-state index contributed by atoms with van der Waals surface area (Å²) in [7, 11) is 0. The normalized spacial score (nSPS) is 17.4. The van der Waals surface area contributed by atoms with Crippen molar-refractivity contribution >= 4 is 17.5 Å². The van der Waals surface area contributed by atoms with Gasteiger partial charge in [-0.1, -0.05) is 25.8 Å². The molecule has 1 heterocycles. The number of pyridine rings is 1. The fourth-order valence-electron chi connectivity index (χ4n) is 6.05. The lowest BCUT2D eigenvalue weighted by Gasteiger charge is -2.31. The van der Waals surface area contributed by atoms with Crippen molar-refractivity contribution in [3.8, 4) is 11.3 Å². The zero-order valence-electron chi connectivity index (χ0n) is 29.4. The van der Waals surface area contributed by atoms with Crippen LogP contribution in [-0.4, -0.2) is 23.9 Å². The SMILES string of the molecule is C=C/C(=C\C=C(/C)C(F)(F)F)NC(=C)C1(C)CCc2c1cc(C(CNC(=C)c1cc(C)c(N)c(/C=C(/C)N)c1)C(F)(F)F)nc2-c1ccc(F)cc1. The van der Waals surface area contributed by atoms with Gasteiger partial charge in [0.05, 0.1) is 11.4 Å². The van der Waals surface area contributed by atoms with Crippen molar-refractivity contribution in [3.63, 3.8) is 0 Å². The first-order chi connectivity index (χ1) is 24.1. The molecule has 0 aliphatic heterocycles. The van der Waals surface area contributed by atoms with Gasteiger partial charge in [-0.15, -0.1) is 0 Å². The highest BCUT2D eigenvalue weighted by molar-refractivity contribution is 5.75. The first-order valence-electron chi connectivity index (χ1n) is 16.3. The number of aryl methyl sites for hydroxylation is 1. The third-order valence-corrected chi connectivity index (χ3v) is 9.29. The van der Waals surface area contributed by atoms with Gasteiger partial charge < -0.3 is 22.1 Å². The second-order valence-electron chi connectivity index (χ2n) is 13.2. The lowest BCUT2D eigenvalue weighted by atomic mass is 9.80. The van der Waals surface area contributed by atoms with Crippen molar-refractivity contribution in [1.82, 2.24) is 15.6 Å². The minimum absolute atomic E-state index is 0.213. The number of nitrogens with two attached hydrogens (primary N) is 2. The van der Waals surface area contributed by atoms with Gasteiger partial charge in [-0.2, -0.15) is 26.3 Å². The smallest absolute Gasteiger partial charge is 0.402 e. The predicted octanol–water partition coefficient (Wildman–Crippen LogP) is 9.89. The maximum absolute atomic E-state index is 15.0. The Balaban J connectivity index is 1.78. The molecule has 4 rings (SSSR count). The van der Waals surface area contributed by atoms with Crippen LogP contribution in [-0.2, 0) is 11.8 Å². The van der Waals surface area contributed by atoms with E-state index in [9.17, 15) is 30.7 Å². The molecule has 52 heavy (non-hydrogen) atoms. The Kier molecular flexibility index (Phi) is 11.5. The van der Waals surface area contributed by atoms with Gasteiger partial charge in [0.1, 0.15) is 11.7 Å². The zero-order valence-corrected chi connectivity index (χ0v) is 29.4. The minimum Gasteiger partial charge on any atom is -0.402 e. The summed E-state index contributed by atoms with van der Waals surface area (Å²) < 4.78 is 98.3. The highest BCUT2D eigenvalue weighted by Crippen LogP contribution is 2.48. The van der Waals surface area contributed by atoms with E-state index in [1.807, 2.05) is 0 Å². The molecule has 5 nitrogen and oxygen atoms in total. The minimum atomic E-state index is -4.76. The van der Waals surface area contributed by atoms with E-state index < -0.39 is 41.6 Å². The predicted molar refractivity (Wildman–Crippen MR) is 195 cm³/mol. The second-order valence-corrected chi connectivity index (χ2v) is 13.2. The number of allylic oxidation sites excluding steroid dienone is 6. The van der Waals surface area contributed by atoms with E-state index in [1.165, 1.54) is 42.5 Å². The van der Waals surface area contributed by atoms with Crippen LogP contribution in [0.15, 0.2) is 103 Å². The maximum atomic E-state index is 15.0. The van der Waals surface area contributed by atoms with Gasteiger partial charge in [-0.3, -0.25) is 4.98 Å². The van der Waals surface area contributed by atoms with Crippen LogP contribution in [0.3, 0.4) is 0 Å². The first-order valence-corrected chi connectivity index (χ1v) is 16.3. The van der Waals surface area contributed by atoms with Gasteiger partial charge >= 0.3 is 12.4 Å². The largest absolute Gasteiger partial charge is 0.412 e. The first kappa shape index (κ1) is 39.5. The fraction of sp³-hybridized carbons (Fsp3) is 0.275. The zero-order chi connectivity index (χ0) is 38.8. The molecule has 0 amide bonds. The number of nitrogens with one attached hydrogen (secondary N) is 2. The summed E-state index contributed by atoms with van der Waals surface area (Å²) in [6.07, 6.45) is -3.40. The summed E-state index contributed by atoms with van der Waals surface area (Å²) in [6.45, 7) is 17.4. The number of rotatable bonds is 12. The molecule has 0 radical (unpaired) electrons. The molecule has 2 aromatic carbocycles. The van der Waals surface area contributed by atoms with Crippen LogP contribution in [0.1, 0.15) is 66.6 Å². The second kappa shape index (κ2) is 15.1. The van der Waals surface area contributed by atoms with Gasteiger partial charge in [0.2, 0.25) is 0 Å². The van der Waals surface area contributed by atoms with Gasteiger partial charge in [-0.05, 0) is 123 Å². The Morgan fingerprint density at radius 2 is 1.69 bits per heavy atom. The van der Waals surface area contributed by atoms with Crippen molar-refractivity contribution in [2.75, 3.05) is 12.3 Å². The molecule has 2 atom stereocenters. The van der Waals surface area contributed by atoms with Crippen LogP contribution < -0.4 is 22.1 Å². The van der Waals surface area contributed by atoms with Crippen molar-refractivity contribution in [2.24, 2.45) is 5.73 Å². The molecule has 0 saturated heterocycles. The van der Waals surface area contributed by atoms with Crippen molar-refractivity contribution < 1.29 is 30.7 Å². The molecule has 276 valence electrons. The molecule has 1 aliphatic carbocycles. The standard InChI is InChI=1S/C40H42F7N5/c1-8-31(14-9-23(3)39(42,43)44)51-26(6)38(7)16-15-32-33(38)20-35(52-37(32)27-10-12-30(41)13-11-27)34(40(45,46)47)21-50-25(5)28-17-22(2)36(49)29(19-28)18-24(4)48/h8-14,17-20,34,50-51H,1,5-6,15-16,21,48-49H2,2-4,7H3/b23-9+,24-18-,31-14+. The molecule has 2 unspecified atom stereocenters. The number of anilines is 1. The van der Waals surface area contributed by atoms with E-state index in [4.69, 9.17) is 11.5 Å². The maximum Gasteiger partial charge on any atom is 0.412 e. The third-order valence-electron chi connectivity index (χ3n) is 9.29. The summed E-state index contributed by atoms with van der Waals surface area (Å²) >= 11 is 0. The van der Waals surface area contributed by atoms with E-state index >= 15 is 0 Å². The molecule has 3 aromatic rings. The van der Waals surface area contributed by atoms with Crippen LogP contribution in [0.5, 0.6) is 0 Å². The van der Waals surface area contributed by atoms with E-state index in [-0.39, 0.29) is 22.8 Å². The van der Waals surface area contributed by atoms with Gasteiger partial charge in [0.25, 0.3) is 0 Å². The third kappa shape index (κ3) is 8.78. The van der Waals surface area contributed by atoms with Crippen molar-refractivity contribution in [3.05, 3.63) is 142 Å². The molecule has 12 heteroatoms. The fourth-order valence-corrected chi connectivity index (χ4v) is 6.05. The number of hydrogen-bond donors (Lipinski definition) is 4. The molecule has 0 saturated carbocycles. The van der Waals surface area contributed by atoms with Crippen molar-refractivity contribution in [1.29, 1.82) is 0 Å². The number of hydrogen-bond acceptors (Lipinski definition) is 5. The van der Waals surface area contributed by atoms with Crippen LogP contribution in [0, 0.1) is 12.7 Å². The van der Waals surface area contributed by atoms with E-state index in [0.717, 1.165) is 13.0 Å². The van der Waals surface area contributed by atoms with Crippen LogP contribution in [0.4, 0.5) is 36.4 Å². The molecular weight excluding hydrogens is 683 g/mol. The van der Waals surface area contributed by atoms with Crippen LogP contribution in [0.25, 0.3) is 23.0 Å². The average molecular weight is 726 g/mol. The number of halogens is 7. The summed E-state index contributed by atoms with van der Waals surface area (Å²) in [5.41, 5.74) is 15.4. The topological polar surface area (TPSA) is 89.0 Å². The van der Waals surface area contributed by atoms with Gasteiger partial charge in [0.15, 0.2) is 0 Å². The van der Waals surface area contributed by atoms with E-state index in [1.54, 1.807) is 39.0 Å². The quantitative estimate of drug-likeness (QED) is 0.0849. The summed E-state index contributed by atoms with van der Waals surface area (Å²) in [6, 6.07) is 10.1. The molecule has 0 fully saturated rings. The number of nitrogens with zero attached hydrogens (tertiary/aromatic N) is 1. The Bertz CT molecular complexity index is 1960. The number of fused-ring (bicyclic) bond motifs is 1. The average Bonchev–Trinajstić information content (AvgIpc) is 3.40. The Labute approximate surface area is 299 Å². The molecule has 1 aliphatic rings. The van der Waals surface area contributed by atoms with Gasteiger partial charge in [-0.25, -0.2) is 4.39 Å². The monoisotopic (exact) mass is 725 g/mol. The van der Waals surface area contributed by atoms with E-state index in [0.29, 0.717) is 63.3 Å². The Morgan fingerprint density at radius 3 is 2.27 bits per heavy atom. The Hall–Kier alpha value is -5.26. The summed E-state index contributed by atoms with van der Waals surface area (Å²) in [4.78, 5) is 4.57. The summed E-state index contributed by atoms with van der Waals surface area (Å²) in [5, 5.41) is 5.87. The number of benzene rings is 2. The molecule has 1 aromatic heterocycles. The van der Waals surface area contributed by atoms with E-state index in [2.05, 4.69) is 35.4 Å². The molecule has 0 bridgehead atoms. The lowest BCUT2D eigenvalue weighted by Crippen LogP contribution is -2.33. The Morgan fingerprint density at radius 1 is 1.04 bits per heavy atom. The van der Waals surface area contributed by atoms with Crippen LogP contribution in [0.2, 0.25) is 0 Å². The molecule has 0 spiro atoms. The molecular formula is C40H42F7N5. The van der Waals surface area contributed by atoms with Crippen LogP contribution >= 0.6 is 0 Å². The van der Waals surface area contributed by atoms with Crippen molar-refractivity contribution in [2.45, 2.75) is 64.2 Å².